The number of nitriles is 1. The fourth-order valence-corrected chi connectivity index (χ4v) is 3.63. The van der Waals surface area contributed by atoms with Crippen LogP contribution in [-0.2, 0) is 14.3 Å². The minimum absolute atomic E-state index is 0.00354. The minimum atomic E-state index is -0.253. The van der Waals surface area contributed by atoms with Gasteiger partial charge in [-0.15, -0.1) is 0 Å². The van der Waals surface area contributed by atoms with Crippen molar-refractivity contribution in [3.63, 3.8) is 0 Å². The number of hydrogen-bond acceptors (Lipinski definition) is 10. The number of carbonyl (C=O) groups is 1. The number of benzene rings is 1. The number of amides is 1. The van der Waals surface area contributed by atoms with Crippen LogP contribution < -0.4 is 20.3 Å². The molecule has 2 aliphatic heterocycles. The van der Waals surface area contributed by atoms with Crippen molar-refractivity contribution in [1.82, 2.24) is 14.9 Å². The molecule has 34 heavy (non-hydrogen) atoms. The molecule has 2 aromatic rings. The van der Waals surface area contributed by atoms with Crippen LogP contribution in [0.2, 0.25) is 0 Å². The van der Waals surface area contributed by atoms with Crippen molar-refractivity contribution in [3.8, 4) is 11.9 Å². The molecular formula is C23H29N7O4. The van der Waals surface area contributed by atoms with Crippen LogP contribution in [0.3, 0.4) is 0 Å². The van der Waals surface area contributed by atoms with Crippen LogP contribution in [0.5, 0.6) is 5.88 Å². The van der Waals surface area contributed by atoms with Crippen molar-refractivity contribution in [2.45, 2.75) is 0 Å². The lowest BCUT2D eigenvalue weighted by molar-refractivity contribution is -0.114. The number of nitrogens with one attached hydrogen (secondary N) is 2. The average Bonchev–Trinajstić information content (AvgIpc) is 2.89. The Labute approximate surface area is 198 Å². The van der Waals surface area contributed by atoms with E-state index in [0.29, 0.717) is 61.8 Å². The number of ether oxygens (including phenoxy) is 3. The first kappa shape index (κ1) is 23.7. The summed E-state index contributed by atoms with van der Waals surface area (Å²) in [7, 11) is 0. The Hall–Kier alpha value is -3.46. The molecule has 0 atom stereocenters. The Kier molecular flexibility index (Phi) is 8.45. The lowest BCUT2D eigenvalue weighted by Crippen LogP contribution is -2.39. The molecule has 11 nitrogen and oxygen atoms in total. The SMILES string of the molecule is N#Cc1cccc(NC(=O)CNc2cc(OCCN3CCOCC3)nc(N3CCOCC3)n2)c1. The largest absolute Gasteiger partial charge is 0.476 e. The van der Waals surface area contributed by atoms with Crippen LogP contribution in [0.25, 0.3) is 0 Å². The zero-order chi connectivity index (χ0) is 23.6. The number of nitrogens with zero attached hydrogens (tertiary/aromatic N) is 5. The number of rotatable bonds is 9. The highest BCUT2D eigenvalue weighted by Crippen LogP contribution is 2.20. The Morgan fingerprint density at radius 3 is 2.62 bits per heavy atom. The molecule has 1 aromatic carbocycles. The lowest BCUT2D eigenvalue weighted by atomic mass is 10.2. The van der Waals surface area contributed by atoms with E-state index < -0.39 is 0 Å². The first-order valence-corrected chi connectivity index (χ1v) is 11.4. The van der Waals surface area contributed by atoms with Crippen molar-refractivity contribution >= 4 is 23.4 Å². The highest BCUT2D eigenvalue weighted by Gasteiger charge is 2.17. The number of morpholine rings is 2. The molecular weight excluding hydrogens is 438 g/mol. The molecule has 180 valence electrons. The third-order valence-corrected chi connectivity index (χ3v) is 5.45. The van der Waals surface area contributed by atoms with E-state index in [-0.39, 0.29) is 12.5 Å². The summed E-state index contributed by atoms with van der Waals surface area (Å²) in [6.07, 6.45) is 0. The Morgan fingerprint density at radius 1 is 1.09 bits per heavy atom. The molecule has 0 aliphatic carbocycles. The van der Waals surface area contributed by atoms with Gasteiger partial charge in [0.25, 0.3) is 0 Å². The van der Waals surface area contributed by atoms with Gasteiger partial charge in [0, 0.05) is 44.5 Å². The van der Waals surface area contributed by atoms with Crippen LogP contribution in [0.4, 0.5) is 17.5 Å². The van der Waals surface area contributed by atoms with Crippen LogP contribution in [-0.4, -0.2) is 93.1 Å². The summed E-state index contributed by atoms with van der Waals surface area (Å²) in [4.78, 5) is 25.9. The van der Waals surface area contributed by atoms with E-state index in [4.69, 9.17) is 19.5 Å². The molecule has 0 spiro atoms. The molecule has 4 rings (SSSR count). The summed E-state index contributed by atoms with van der Waals surface area (Å²) in [5, 5.41) is 14.9. The van der Waals surface area contributed by atoms with Crippen molar-refractivity contribution in [1.29, 1.82) is 5.26 Å². The Balaban J connectivity index is 1.38. The van der Waals surface area contributed by atoms with Gasteiger partial charge in [-0.2, -0.15) is 15.2 Å². The maximum Gasteiger partial charge on any atom is 0.243 e. The van der Waals surface area contributed by atoms with Crippen molar-refractivity contribution in [2.75, 3.05) is 87.8 Å². The third-order valence-electron chi connectivity index (χ3n) is 5.45. The van der Waals surface area contributed by atoms with E-state index in [2.05, 4.69) is 31.6 Å². The lowest BCUT2D eigenvalue weighted by Gasteiger charge is -2.28. The zero-order valence-corrected chi connectivity index (χ0v) is 19.0. The van der Waals surface area contributed by atoms with E-state index in [1.165, 1.54) is 0 Å². The maximum absolute atomic E-state index is 12.4. The number of aromatic nitrogens is 2. The number of hydrogen-bond donors (Lipinski definition) is 2. The monoisotopic (exact) mass is 467 g/mol. The summed E-state index contributed by atoms with van der Waals surface area (Å²) in [6, 6.07) is 10.5. The molecule has 0 saturated carbocycles. The smallest absolute Gasteiger partial charge is 0.243 e. The second-order valence-corrected chi connectivity index (χ2v) is 7.89. The van der Waals surface area contributed by atoms with E-state index >= 15 is 0 Å². The van der Waals surface area contributed by atoms with Gasteiger partial charge in [-0.25, -0.2) is 0 Å². The molecule has 2 N–H and O–H groups in total. The van der Waals surface area contributed by atoms with Gasteiger partial charge >= 0.3 is 0 Å². The molecule has 0 unspecified atom stereocenters. The van der Waals surface area contributed by atoms with Gasteiger partial charge in [0.15, 0.2) is 0 Å². The van der Waals surface area contributed by atoms with Crippen molar-refractivity contribution in [3.05, 3.63) is 35.9 Å². The molecule has 0 radical (unpaired) electrons. The Morgan fingerprint density at radius 2 is 1.85 bits per heavy atom. The quantitative estimate of drug-likeness (QED) is 0.551. The van der Waals surface area contributed by atoms with Gasteiger partial charge in [-0.05, 0) is 18.2 Å². The summed E-state index contributed by atoms with van der Waals surface area (Å²) >= 11 is 0. The topological polar surface area (TPSA) is 125 Å². The molecule has 1 amide bonds. The van der Waals surface area contributed by atoms with Crippen molar-refractivity contribution < 1.29 is 19.0 Å². The summed E-state index contributed by atoms with van der Waals surface area (Å²) < 4.78 is 16.8. The van der Waals surface area contributed by atoms with Crippen LogP contribution in [0.15, 0.2) is 30.3 Å². The Bertz CT molecular complexity index is 1000. The minimum Gasteiger partial charge on any atom is -0.476 e. The van der Waals surface area contributed by atoms with Crippen LogP contribution >= 0.6 is 0 Å². The molecule has 3 heterocycles. The average molecular weight is 468 g/mol. The molecule has 11 heteroatoms. The third kappa shape index (κ3) is 7.02. The van der Waals surface area contributed by atoms with E-state index in [0.717, 1.165) is 32.8 Å². The van der Waals surface area contributed by atoms with Gasteiger partial charge in [0.1, 0.15) is 12.4 Å². The van der Waals surface area contributed by atoms with Crippen LogP contribution in [0, 0.1) is 11.3 Å². The highest BCUT2D eigenvalue weighted by atomic mass is 16.5. The van der Waals surface area contributed by atoms with E-state index in [9.17, 15) is 4.79 Å². The second-order valence-electron chi connectivity index (χ2n) is 7.89. The van der Waals surface area contributed by atoms with E-state index in [1.54, 1.807) is 30.3 Å². The first-order valence-electron chi connectivity index (χ1n) is 11.4. The van der Waals surface area contributed by atoms with Crippen LogP contribution in [0.1, 0.15) is 5.56 Å². The summed E-state index contributed by atoms with van der Waals surface area (Å²) in [5.74, 6) is 1.24. The fourth-order valence-electron chi connectivity index (χ4n) is 3.63. The highest BCUT2D eigenvalue weighted by molar-refractivity contribution is 5.93. The normalized spacial score (nSPS) is 16.5. The fraction of sp³-hybridized carbons (Fsp3) is 0.478. The van der Waals surface area contributed by atoms with Gasteiger partial charge in [0.2, 0.25) is 17.7 Å². The van der Waals surface area contributed by atoms with Gasteiger partial charge < -0.3 is 29.7 Å². The molecule has 0 bridgehead atoms. The van der Waals surface area contributed by atoms with Gasteiger partial charge in [-0.1, -0.05) is 6.07 Å². The van der Waals surface area contributed by atoms with E-state index in [1.807, 2.05) is 4.90 Å². The summed E-state index contributed by atoms with van der Waals surface area (Å²) in [6.45, 7) is 7.15. The predicted octanol–water partition coefficient (Wildman–Crippen LogP) is 0.946. The maximum atomic E-state index is 12.4. The van der Waals surface area contributed by atoms with Gasteiger partial charge in [-0.3, -0.25) is 9.69 Å². The number of carbonyl (C=O) groups excluding carboxylic acids is 1. The zero-order valence-electron chi connectivity index (χ0n) is 19.0. The molecule has 2 saturated heterocycles. The molecule has 2 aliphatic rings. The van der Waals surface area contributed by atoms with Gasteiger partial charge in [0.05, 0.1) is 44.6 Å². The second kappa shape index (κ2) is 12.1. The number of anilines is 3. The molecule has 1 aromatic heterocycles. The summed E-state index contributed by atoms with van der Waals surface area (Å²) in [5.41, 5.74) is 1.05. The van der Waals surface area contributed by atoms with Crippen molar-refractivity contribution in [2.24, 2.45) is 0 Å². The first-order chi connectivity index (χ1) is 16.7. The molecule has 2 fully saturated rings. The standard InChI is InChI=1S/C23H29N7O4/c24-16-18-2-1-3-19(14-18)26-21(31)17-25-20-15-22(34-13-6-29-4-9-32-10-5-29)28-23(27-20)30-7-11-33-12-8-30/h1-3,14-15H,4-13,17H2,(H,26,31)(H,25,27,28). The predicted molar refractivity (Wildman–Crippen MR) is 126 cm³/mol.